The molecule has 0 radical (unpaired) electrons. The van der Waals surface area contributed by atoms with Crippen LogP contribution in [-0.2, 0) is 0 Å². The van der Waals surface area contributed by atoms with E-state index < -0.39 is 5.54 Å². The number of phenols is 1. The second-order valence-corrected chi connectivity index (χ2v) is 5.30. The lowest BCUT2D eigenvalue weighted by Gasteiger charge is -2.33. The summed E-state index contributed by atoms with van der Waals surface area (Å²) in [7, 11) is 0. The van der Waals surface area contributed by atoms with E-state index in [0.29, 0.717) is 12.1 Å². The Kier molecular flexibility index (Phi) is 4.59. The fraction of sp³-hybridized carbons (Fsp3) is 0.462. The zero-order valence-corrected chi connectivity index (χ0v) is 11.6. The average molecular weight is 271 g/mol. The van der Waals surface area contributed by atoms with E-state index in [2.05, 4.69) is 5.32 Å². The van der Waals surface area contributed by atoms with Crippen LogP contribution in [0.25, 0.3) is 0 Å². The van der Waals surface area contributed by atoms with E-state index in [1.165, 1.54) is 18.2 Å². The monoisotopic (exact) mass is 270 g/mol. The summed E-state index contributed by atoms with van der Waals surface area (Å²) >= 11 is 5.77. The molecular weight excluding hydrogens is 252 g/mol. The molecular formula is C13H19ClN2O2. The van der Waals surface area contributed by atoms with Gasteiger partial charge >= 0.3 is 0 Å². The van der Waals surface area contributed by atoms with Gasteiger partial charge in [-0.05, 0) is 31.0 Å². The topological polar surface area (TPSA) is 75.3 Å². The lowest BCUT2D eigenvalue weighted by Crippen LogP contribution is -2.55. The van der Waals surface area contributed by atoms with Gasteiger partial charge in [-0.3, -0.25) is 4.79 Å². The number of amides is 1. The van der Waals surface area contributed by atoms with Crippen molar-refractivity contribution in [1.29, 1.82) is 0 Å². The van der Waals surface area contributed by atoms with Crippen molar-refractivity contribution in [3.63, 3.8) is 0 Å². The Hall–Kier alpha value is -1.26. The molecule has 1 unspecified atom stereocenters. The van der Waals surface area contributed by atoms with Crippen molar-refractivity contribution >= 4 is 17.5 Å². The van der Waals surface area contributed by atoms with Crippen LogP contribution in [-0.4, -0.2) is 23.1 Å². The molecule has 100 valence electrons. The molecule has 1 rings (SSSR count). The van der Waals surface area contributed by atoms with Crippen LogP contribution in [0.1, 0.15) is 31.1 Å². The molecule has 0 fully saturated rings. The first-order valence-electron chi connectivity index (χ1n) is 5.81. The highest BCUT2D eigenvalue weighted by molar-refractivity contribution is 6.32. The van der Waals surface area contributed by atoms with E-state index in [-0.39, 0.29) is 22.6 Å². The van der Waals surface area contributed by atoms with Crippen LogP contribution in [0, 0.1) is 5.92 Å². The first-order chi connectivity index (χ1) is 8.30. The number of halogens is 1. The molecule has 0 saturated carbocycles. The van der Waals surface area contributed by atoms with Crippen molar-refractivity contribution in [2.75, 3.05) is 6.54 Å². The van der Waals surface area contributed by atoms with Crippen molar-refractivity contribution in [3.8, 4) is 5.75 Å². The largest absolute Gasteiger partial charge is 0.506 e. The van der Waals surface area contributed by atoms with E-state index in [9.17, 15) is 9.90 Å². The highest BCUT2D eigenvalue weighted by atomic mass is 35.5. The maximum absolute atomic E-state index is 12.1. The van der Waals surface area contributed by atoms with Gasteiger partial charge in [0.15, 0.2) is 0 Å². The van der Waals surface area contributed by atoms with Crippen LogP contribution in [0.3, 0.4) is 0 Å². The van der Waals surface area contributed by atoms with Crippen LogP contribution < -0.4 is 11.1 Å². The van der Waals surface area contributed by atoms with Crippen LogP contribution in [0.4, 0.5) is 0 Å². The van der Waals surface area contributed by atoms with Gasteiger partial charge < -0.3 is 16.2 Å². The number of carbonyl (C=O) groups excluding carboxylic acids is 1. The summed E-state index contributed by atoms with van der Waals surface area (Å²) in [6, 6.07) is 4.35. The maximum atomic E-state index is 12.1. The van der Waals surface area contributed by atoms with Crippen molar-refractivity contribution in [1.82, 2.24) is 5.32 Å². The highest BCUT2D eigenvalue weighted by Gasteiger charge is 2.28. The minimum absolute atomic E-state index is 0.0429. The quantitative estimate of drug-likeness (QED) is 0.785. The predicted molar refractivity (Wildman–Crippen MR) is 72.9 cm³/mol. The Bertz CT molecular complexity index is 449. The van der Waals surface area contributed by atoms with Crippen LogP contribution >= 0.6 is 11.6 Å². The summed E-state index contributed by atoms with van der Waals surface area (Å²) < 4.78 is 0. The summed E-state index contributed by atoms with van der Waals surface area (Å²) in [4.78, 5) is 12.1. The van der Waals surface area contributed by atoms with E-state index in [0.717, 1.165) is 0 Å². The first-order valence-corrected chi connectivity index (χ1v) is 6.19. The van der Waals surface area contributed by atoms with Gasteiger partial charge in [0.25, 0.3) is 5.91 Å². The van der Waals surface area contributed by atoms with Crippen LogP contribution in [0.2, 0.25) is 5.02 Å². The van der Waals surface area contributed by atoms with Gasteiger partial charge in [-0.2, -0.15) is 0 Å². The molecule has 4 N–H and O–H groups in total. The third-order valence-electron chi connectivity index (χ3n) is 3.31. The van der Waals surface area contributed by atoms with Gasteiger partial charge in [0, 0.05) is 12.1 Å². The molecule has 0 spiro atoms. The smallest absolute Gasteiger partial charge is 0.251 e. The Balaban J connectivity index is 2.91. The molecule has 0 aliphatic rings. The fourth-order valence-electron chi connectivity index (χ4n) is 1.41. The molecule has 0 aromatic heterocycles. The van der Waals surface area contributed by atoms with E-state index in [1.807, 2.05) is 20.8 Å². The van der Waals surface area contributed by atoms with Crippen LogP contribution in [0.15, 0.2) is 18.2 Å². The zero-order chi connectivity index (χ0) is 13.9. The molecule has 18 heavy (non-hydrogen) atoms. The summed E-state index contributed by atoms with van der Waals surface area (Å²) in [6.45, 7) is 6.24. The molecule has 1 aromatic rings. The number of hydrogen-bond donors (Lipinski definition) is 3. The molecule has 0 aliphatic heterocycles. The van der Waals surface area contributed by atoms with Gasteiger partial charge in [-0.15, -0.1) is 0 Å². The molecule has 1 aromatic carbocycles. The van der Waals surface area contributed by atoms with Crippen molar-refractivity contribution in [2.24, 2.45) is 11.7 Å². The molecule has 1 atom stereocenters. The van der Waals surface area contributed by atoms with Gasteiger partial charge in [0.1, 0.15) is 5.75 Å². The number of phenolic OH excluding ortho intramolecular Hbond substituents is 1. The van der Waals surface area contributed by atoms with E-state index >= 15 is 0 Å². The van der Waals surface area contributed by atoms with E-state index in [1.54, 1.807) is 0 Å². The lowest BCUT2D eigenvalue weighted by atomic mass is 9.88. The maximum Gasteiger partial charge on any atom is 0.251 e. The Morgan fingerprint density at radius 3 is 2.61 bits per heavy atom. The Morgan fingerprint density at radius 2 is 2.17 bits per heavy atom. The van der Waals surface area contributed by atoms with Gasteiger partial charge in [-0.25, -0.2) is 0 Å². The molecule has 0 heterocycles. The highest BCUT2D eigenvalue weighted by Crippen LogP contribution is 2.24. The summed E-state index contributed by atoms with van der Waals surface area (Å²) in [6.07, 6.45) is 0. The predicted octanol–water partition coefficient (Wildman–Crippen LogP) is 2.15. The summed E-state index contributed by atoms with van der Waals surface area (Å²) in [5, 5.41) is 12.4. The molecule has 5 heteroatoms. The van der Waals surface area contributed by atoms with Crippen LogP contribution in [0.5, 0.6) is 5.75 Å². The second-order valence-electron chi connectivity index (χ2n) is 4.90. The van der Waals surface area contributed by atoms with Crippen molar-refractivity contribution in [2.45, 2.75) is 26.3 Å². The lowest BCUT2D eigenvalue weighted by molar-refractivity contribution is 0.0883. The SMILES string of the molecule is CC(C)C(C)(CN)NC(=O)c1ccc(O)c(Cl)c1. The second kappa shape index (κ2) is 5.59. The van der Waals surface area contributed by atoms with Gasteiger partial charge in [0.2, 0.25) is 0 Å². The summed E-state index contributed by atoms with van der Waals surface area (Å²) in [5.74, 6) is -0.0868. The Morgan fingerprint density at radius 1 is 1.56 bits per heavy atom. The third-order valence-corrected chi connectivity index (χ3v) is 3.61. The first kappa shape index (κ1) is 14.8. The van der Waals surface area contributed by atoms with Crippen molar-refractivity contribution < 1.29 is 9.90 Å². The number of hydrogen-bond acceptors (Lipinski definition) is 3. The minimum atomic E-state index is -0.471. The normalized spacial score (nSPS) is 14.3. The molecule has 0 bridgehead atoms. The number of carbonyl (C=O) groups is 1. The molecule has 4 nitrogen and oxygen atoms in total. The number of benzene rings is 1. The third kappa shape index (κ3) is 3.15. The number of rotatable bonds is 4. The zero-order valence-electron chi connectivity index (χ0n) is 10.8. The molecule has 1 amide bonds. The van der Waals surface area contributed by atoms with E-state index in [4.69, 9.17) is 17.3 Å². The number of aromatic hydroxyl groups is 1. The molecule has 0 saturated heterocycles. The number of nitrogens with one attached hydrogen (secondary N) is 1. The average Bonchev–Trinajstić information content (AvgIpc) is 2.32. The fourth-order valence-corrected chi connectivity index (χ4v) is 1.59. The minimum Gasteiger partial charge on any atom is -0.506 e. The van der Waals surface area contributed by atoms with Gasteiger partial charge in [-0.1, -0.05) is 25.4 Å². The summed E-state index contributed by atoms with van der Waals surface area (Å²) in [5.41, 5.74) is 5.64. The standard InChI is InChI=1S/C13H19ClN2O2/c1-8(2)13(3,7-15)16-12(18)9-4-5-11(17)10(14)6-9/h4-6,8,17H,7,15H2,1-3H3,(H,16,18). The Labute approximate surface area is 112 Å². The van der Waals surface area contributed by atoms with Gasteiger partial charge in [0.05, 0.1) is 10.6 Å². The number of nitrogens with two attached hydrogens (primary N) is 1. The molecule has 0 aliphatic carbocycles. The van der Waals surface area contributed by atoms with Crippen molar-refractivity contribution in [3.05, 3.63) is 28.8 Å².